The lowest BCUT2D eigenvalue weighted by atomic mass is 10.1. The molecule has 20 heavy (non-hydrogen) atoms. The largest absolute Gasteiger partial charge is 0.488 e. The van der Waals surface area contributed by atoms with Crippen LogP contribution in [-0.2, 0) is 4.79 Å². The first-order valence-corrected chi connectivity index (χ1v) is 7.59. The number of rotatable bonds is 1. The molecule has 0 spiro atoms. The highest BCUT2D eigenvalue weighted by Gasteiger charge is 2.27. The molecule has 1 aromatic carbocycles. The fraction of sp³-hybridized carbons (Fsp3) is 0.400. The monoisotopic (exact) mass is 336 g/mol. The first-order chi connectivity index (χ1) is 9.65. The summed E-state index contributed by atoms with van der Waals surface area (Å²) in [6, 6.07) is 6.06. The molecule has 1 N–H and O–H groups in total. The predicted molar refractivity (Wildman–Crippen MR) is 81.7 cm³/mol. The highest BCUT2D eigenvalue weighted by Crippen LogP contribution is 2.29. The minimum absolute atomic E-state index is 0.0876. The first-order valence-electron chi connectivity index (χ1n) is 6.80. The molecule has 4 nitrogen and oxygen atoms in total. The second kappa shape index (κ2) is 5.58. The second-order valence-electron chi connectivity index (χ2n) is 5.19. The van der Waals surface area contributed by atoms with Crippen molar-refractivity contribution >= 4 is 27.9 Å². The van der Waals surface area contributed by atoms with Crippen LogP contribution in [0.4, 0.5) is 0 Å². The summed E-state index contributed by atoms with van der Waals surface area (Å²) in [5.74, 6) is 0.919. The van der Waals surface area contributed by atoms with E-state index in [4.69, 9.17) is 4.74 Å². The van der Waals surface area contributed by atoms with Crippen LogP contribution in [0.1, 0.15) is 12.5 Å². The van der Waals surface area contributed by atoms with Crippen molar-refractivity contribution < 1.29 is 9.53 Å². The average molecular weight is 337 g/mol. The predicted octanol–water partition coefficient (Wildman–Crippen LogP) is 2.05. The topological polar surface area (TPSA) is 41.6 Å². The number of fused-ring (bicyclic) bond motifs is 1. The zero-order valence-electron chi connectivity index (χ0n) is 11.4. The Morgan fingerprint density at radius 1 is 1.50 bits per heavy atom. The lowest BCUT2D eigenvalue weighted by Crippen LogP contribution is -2.53. The summed E-state index contributed by atoms with van der Waals surface area (Å²) in [6.07, 6.45) is 1.95. The molecule has 2 aliphatic rings. The van der Waals surface area contributed by atoms with Gasteiger partial charge < -0.3 is 15.0 Å². The van der Waals surface area contributed by atoms with Crippen LogP contribution in [0.5, 0.6) is 5.75 Å². The Hall–Kier alpha value is -1.33. The first kappa shape index (κ1) is 13.6. The van der Waals surface area contributed by atoms with Gasteiger partial charge in [0.1, 0.15) is 12.4 Å². The van der Waals surface area contributed by atoms with Gasteiger partial charge >= 0.3 is 0 Å². The van der Waals surface area contributed by atoms with E-state index in [0.29, 0.717) is 6.61 Å². The van der Waals surface area contributed by atoms with E-state index in [1.165, 1.54) is 0 Å². The molecule has 0 bridgehead atoms. The van der Waals surface area contributed by atoms with Crippen molar-refractivity contribution in [3.63, 3.8) is 0 Å². The lowest BCUT2D eigenvalue weighted by molar-refractivity contribution is -0.130. The van der Waals surface area contributed by atoms with Crippen molar-refractivity contribution in [3.8, 4) is 5.75 Å². The fourth-order valence-corrected chi connectivity index (χ4v) is 2.98. The molecular formula is C15H17BrN2O2. The number of hydrogen-bond donors (Lipinski definition) is 1. The Kier molecular flexibility index (Phi) is 3.81. The Bertz CT molecular complexity index is 571. The molecule has 2 aliphatic heterocycles. The van der Waals surface area contributed by atoms with Crippen molar-refractivity contribution in [2.75, 3.05) is 26.2 Å². The summed E-state index contributed by atoms with van der Waals surface area (Å²) in [5, 5.41) is 3.29. The van der Waals surface area contributed by atoms with Gasteiger partial charge in [0.2, 0.25) is 0 Å². The minimum atomic E-state index is 0.0876. The van der Waals surface area contributed by atoms with Gasteiger partial charge in [0.05, 0.1) is 5.57 Å². The van der Waals surface area contributed by atoms with Gasteiger partial charge in [0.15, 0.2) is 0 Å². The van der Waals surface area contributed by atoms with E-state index < -0.39 is 0 Å². The number of halogens is 1. The lowest BCUT2D eigenvalue weighted by Gasteiger charge is -2.35. The summed E-state index contributed by atoms with van der Waals surface area (Å²) in [4.78, 5) is 14.5. The number of carbonyl (C=O) groups excluding carboxylic acids is 1. The zero-order chi connectivity index (χ0) is 14.1. The third kappa shape index (κ3) is 2.60. The smallest absolute Gasteiger partial charge is 0.253 e. The summed E-state index contributed by atoms with van der Waals surface area (Å²) in [5.41, 5.74) is 1.68. The van der Waals surface area contributed by atoms with Crippen LogP contribution < -0.4 is 10.1 Å². The number of carbonyl (C=O) groups is 1. The van der Waals surface area contributed by atoms with Crippen LogP contribution in [0, 0.1) is 0 Å². The molecular weight excluding hydrogens is 320 g/mol. The third-order valence-electron chi connectivity index (χ3n) is 3.72. The maximum absolute atomic E-state index is 12.6. The van der Waals surface area contributed by atoms with E-state index in [-0.39, 0.29) is 11.9 Å². The molecule has 1 aromatic rings. The van der Waals surface area contributed by atoms with E-state index >= 15 is 0 Å². The molecule has 1 saturated heterocycles. The average Bonchev–Trinajstić information content (AvgIpc) is 2.46. The molecule has 106 valence electrons. The van der Waals surface area contributed by atoms with Gasteiger partial charge in [-0.15, -0.1) is 0 Å². The summed E-state index contributed by atoms with van der Waals surface area (Å²) in [6.45, 7) is 4.87. The molecule has 5 heteroatoms. The van der Waals surface area contributed by atoms with Crippen LogP contribution in [0.15, 0.2) is 28.2 Å². The number of benzene rings is 1. The molecule has 0 aromatic heterocycles. The minimum Gasteiger partial charge on any atom is -0.488 e. The Morgan fingerprint density at radius 2 is 2.35 bits per heavy atom. The van der Waals surface area contributed by atoms with E-state index in [1.807, 2.05) is 29.2 Å². The maximum atomic E-state index is 12.6. The third-order valence-corrected chi connectivity index (χ3v) is 4.21. The molecule has 0 saturated carbocycles. The number of hydrogen-bond acceptors (Lipinski definition) is 3. The molecule has 1 amide bonds. The standard InChI is InChI=1S/C15H17BrN2O2/c1-10-8-17-4-5-18(10)15(19)12-6-11-7-13(16)2-3-14(11)20-9-12/h2-3,6-7,10,17H,4-5,8-9H2,1H3/t10-/m0/s1. The Morgan fingerprint density at radius 3 is 3.15 bits per heavy atom. The van der Waals surface area contributed by atoms with Gasteiger partial charge in [0, 0.05) is 35.7 Å². The molecule has 1 fully saturated rings. The van der Waals surface area contributed by atoms with Crippen LogP contribution in [0.2, 0.25) is 0 Å². The molecule has 3 rings (SSSR count). The molecule has 0 unspecified atom stereocenters. The number of piperazine rings is 1. The SMILES string of the molecule is C[C@H]1CNCCN1C(=O)C1=Cc2cc(Br)ccc2OC1. The highest BCUT2D eigenvalue weighted by atomic mass is 79.9. The number of amides is 1. The fourth-order valence-electron chi connectivity index (χ4n) is 2.60. The van der Waals surface area contributed by atoms with Gasteiger partial charge in [-0.1, -0.05) is 15.9 Å². The van der Waals surface area contributed by atoms with E-state index in [1.54, 1.807) is 0 Å². The van der Waals surface area contributed by atoms with E-state index in [2.05, 4.69) is 28.2 Å². The quantitative estimate of drug-likeness (QED) is 0.853. The van der Waals surface area contributed by atoms with Crippen LogP contribution in [-0.4, -0.2) is 43.1 Å². The maximum Gasteiger partial charge on any atom is 0.253 e. The molecule has 1 atom stereocenters. The molecule has 0 aliphatic carbocycles. The van der Waals surface area contributed by atoms with E-state index in [0.717, 1.165) is 41.0 Å². The van der Waals surface area contributed by atoms with Gasteiger partial charge in [-0.2, -0.15) is 0 Å². The van der Waals surface area contributed by atoms with Crippen molar-refractivity contribution in [1.82, 2.24) is 10.2 Å². The van der Waals surface area contributed by atoms with Gasteiger partial charge in [0.25, 0.3) is 5.91 Å². The van der Waals surface area contributed by atoms with Crippen molar-refractivity contribution in [2.24, 2.45) is 0 Å². The number of ether oxygens (including phenoxy) is 1. The van der Waals surface area contributed by atoms with Crippen LogP contribution in [0.25, 0.3) is 6.08 Å². The van der Waals surface area contributed by atoms with Crippen molar-refractivity contribution in [3.05, 3.63) is 33.8 Å². The van der Waals surface area contributed by atoms with Gasteiger partial charge in [-0.25, -0.2) is 0 Å². The van der Waals surface area contributed by atoms with E-state index in [9.17, 15) is 4.79 Å². The van der Waals surface area contributed by atoms with Gasteiger partial charge in [-0.3, -0.25) is 4.79 Å². The van der Waals surface area contributed by atoms with Crippen LogP contribution in [0.3, 0.4) is 0 Å². The zero-order valence-corrected chi connectivity index (χ0v) is 12.9. The number of nitrogens with zero attached hydrogens (tertiary/aromatic N) is 1. The molecule has 2 heterocycles. The van der Waals surface area contributed by atoms with Crippen molar-refractivity contribution in [2.45, 2.75) is 13.0 Å². The van der Waals surface area contributed by atoms with Crippen LogP contribution >= 0.6 is 15.9 Å². The summed E-state index contributed by atoms with van der Waals surface area (Å²) >= 11 is 3.45. The van der Waals surface area contributed by atoms with Gasteiger partial charge in [-0.05, 0) is 31.2 Å². The summed E-state index contributed by atoms with van der Waals surface area (Å²) < 4.78 is 6.67. The normalized spacial score (nSPS) is 21.8. The Labute approximate surface area is 126 Å². The molecule has 0 radical (unpaired) electrons. The Balaban J connectivity index is 1.85. The summed E-state index contributed by atoms with van der Waals surface area (Å²) in [7, 11) is 0. The highest BCUT2D eigenvalue weighted by molar-refractivity contribution is 9.10. The second-order valence-corrected chi connectivity index (χ2v) is 6.11. The van der Waals surface area contributed by atoms with Crippen molar-refractivity contribution in [1.29, 1.82) is 0 Å². The number of nitrogens with one attached hydrogen (secondary N) is 1.